The van der Waals surface area contributed by atoms with E-state index in [1.807, 2.05) is 0 Å². The second-order valence-electron chi connectivity index (χ2n) is 6.95. The van der Waals surface area contributed by atoms with E-state index in [0.29, 0.717) is 25.7 Å². The summed E-state index contributed by atoms with van der Waals surface area (Å²) in [6.07, 6.45) is -4.33. The Kier molecular flexibility index (Phi) is 5.87. The molecule has 0 aliphatic carbocycles. The summed E-state index contributed by atoms with van der Waals surface area (Å²) in [6.45, 7) is 1.25. The van der Waals surface area contributed by atoms with Gasteiger partial charge < -0.3 is 9.52 Å². The molecular weight excluding hydrogens is 466 g/mol. The molecule has 4 nitrogen and oxygen atoms in total. The summed E-state index contributed by atoms with van der Waals surface area (Å²) >= 11 is 1.84. The Morgan fingerprint density at radius 3 is 2.50 bits per heavy atom. The van der Waals surface area contributed by atoms with Gasteiger partial charge in [0.25, 0.3) is 0 Å². The first-order chi connectivity index (χ1) is 15.1. The second kappa shape index (κ2) is 8.34. The fourth-order valence-electron chi connectivity index (χ4n) is 3.19. The first-order valence-corrected chi connectivity index (χ1v) is 11.0. The predicted octanol–water partition coefficient (Wildman–Crippen LogP) is 6.37. The molecule has 1 atom stereocenters. The maximum absolute atomic E-state index is 13.3. The Hall–Kier alpha value is -2.69. The van der Waals surface area contributed by atoms with Crippen LogP contribution in [-0.4, -0.2) is 16.3 Å². The van der Waals surface area contributed by atoms with Crippen molar-refractivity contribution in [3.05, 3.63) is 75.8 Å². The van der Waals surface area contributed by atoms with E-state index in [-0.39, 0.29) is 10.5 Å². The van der Waals surface area contributed by atoms with Gasteiger partial charge in [-0.3, -0.25) is 0 Å². The SMILES string of the molecule is CCC(O)(c1cnc(Sc2ccc3c(-c4ccc(F)cc4)cc(=O)oc3c2)s1)C(F)(F)F. The van der Waals surface area contributed by atoms with Gasteiger partial charge in [-0.25, -0.2) is 14.2 Å². The summed E-state index contributed by atoms with van der Waals surface area (Å²) in [6, 6.07) is 12.0. The maximum Gasteiger partial charge on any atom is 0.422 e. The standard InChI is InChI=1S/C22H15F4NO3S2/c1-2-21(29,22(24,25)26)18-11-27-20(32-18)31-14-7-8-15-16(10-19(28)30-17(15)9-14)12-3-5-13(23)6-4-12/h3-11,29H,2H2,1H3. The summed E-state index contributed by atoms with van der Waals surface area (Å²) in [4.78, 5) is 16.4. The minimum absolute atomic E-state index is 0.277. The molecule has 2 heterocycles. The van der Waals surface area contributed by atoms with E-state index in [2.05, 4.69) is 4.98 Å². The number of rotatable bonds is 5. The van der Waals surface area contributed by atoms with Gasteiger partial charge >= 0.3 is 11.8 Å². The van der Waals surface area contributed by atoms with Crippen molar-refractivity contribution in [2.75, 3.05) is 0 Å². The number of benzene rings is 2. The number of halogens is 4. The number of nitrogens with zero attached hydrogens (tertiary/aromatic N) is 1. The summed E-state index contributed by atoms with van der Waals surface area (Å²) < 4.78 is 58.7. The largest absolute Gasteiger partial charge is 0.423 e. The third-order valence-corrected chi connectivity index (χ3v) is 7.16. The number of aromatic nitrogens is 1. The summed E-state index contributed by atoms with van der Waals surface area (Å²) in [5, 5.41) is 10.7. The molecule has 166 valence electrons. The minimum Gasteiger partial charge on any atom is -0.423 e. The van der Waals surface area contributed by atoms with Crippen LogP contribution in [0.1, 0.15) is 18.2 Å². The normalized spacial score (nSPS) is 13.9. The van der Waals surface area contributed by atoms with Gasteiger partial charge in [-0.15, -0.1) is 11.3 Å². The van der Waals surface area contributed by atoms with Crippen LogP contribution in [0.4, 0.5) is 17.6 Å². The molecule has 32 heavy (non-hydrogen) atoms. The van der Waals surface area contributed by atoms with Crippen LogP contribution in [0, 0.1) is 5.82 Å². The van der Waals surface area contributed by atoms with Crippen LogP contribution in [-0.2, 0) is 5.60 Å². The van der Waals surface area contributed by atoms with Crippen molar-refractivity contribution in [1.29, 1.82) is 0 Å². The zero-order chi connectivity index (χ0) is 23.1. The number of alkyl halides is 3. The number of hydrogen-bond acceptors (Lipinski definition) is 6. The van der Waals surface area contributed by atoms with E-state index in [1.165, 1.54) is 25.1 Å². The molecule has 1 unspecified atom stereocenters. The van der Waals surface area contributed by atoms with Gasteiger partial charge in [0, 0.05) is 22.5 Å². The number of fused-ring (bicyclic) bond motifs is 1. The van der Waals surface area contributed by atoms with Gasteiger partial charge in [0.1, 0.15) is 11.4 Å². The lowest BCUT2D eigenvalue weighted by Gasteiger charge is -2.27. The number of hydrogen-bond donors (Lipinski definition) is 1. The summed E-state index contributed by atoms with van der Waals surface area (Å²) in [5.74, 6) is -0.400. The average molecular weight is 481 g/mol. The van der Waals surface area contributed by atoms with Crippen molar-refractivity contribution in [2.45, 2.75) is 34.4 Å². The highest BCUT2D eigenvalue weighted by Gasteiger charge is 2.54. The van der Waals surface area contributed by atoms with E-state index in [1.54, 1.807) is 30.3 Å². The lowest BCUT2D eigenvalue weighted by atomic mass is 9.99. The third kappa shape index (κ3) is 4.17. The fraction of sp³-hybridized carbons (Fsp3) is 0.182. The smallest absolute Gasteiger partial charge is 0.422 e. The molecule has 0 aliphatic rings. The Labute approximate surface area is 187 Å². The van der Waals surface area contributed by atoms with Crippen LogP contribution in [0.15, 0.2) is 73.2 Å². The molecule has 0 saturated carbocycles. The van der Waals surface area contributed by atoms with Gasteiger partial charge in [-0.2, -0.15) is 13.2 Å². The minimum atomic E-state index is -4.82. The molecule has 10 heteroatoms. The molecule has 0 bridgehead atoms. The molecule has 0 radical (unpaired) electrons. The molecule has 0 fully saturated rings. The Bertz CT molecular complexity index is 1330. The molecule has 4 rings (SSSR count). The second-order valence-corrected chi connectivity index (χ2v) is 9.30. The van der Waals surface area contributed by atoms with E-state index < -0.39 is 29.6 Å². The zero-order valence-electron chi connectivity index (χ0n) is 16.4. The summed E-state index contributed by atoms with van der Waals surface area (Å²) in [5.41, 5.74) is -2.06. The quantitative estimate of drug-likeness (QED) is 0.265. The average Bonchev–Trinajstić information content (AvgIpc) is 3.21. The molecule has 0 saturated heterocycles. The van der Waals surface area contributed by atoms with Crippen LogP contribution in [0.25, 0.3) is 22.1 Å². The van der Waals surface area contributed by atoms with Gasteiger partial charge in [0.15, 0.2) is 9.94 Å². The topological polar surface area (TPSA) is 63.3 Å². The van der Waals surface area contributed by atoms with Crippen LogP contribution < -0.4 is 5.63 Å². The van der Waals surface area contributed by atoms with E-state index in [9.17, 15) is 27.5 Å². The highest BCUT2D eigenvalue weighted by atomic mass is 32.2. The predicted molar refractivity (Wildman–Crippen MR) is 114 cm³/mol. The molecule has 0 spiro atoms. The van der Waals surface area contributed by atoms with E-state index in [0.717, 1.165) is 29.3 Å². The Balaban J connectivity index is 1.68. The zero-order valence-corrected chi connectivity index (χ0v) is 18.1. The summed E-state index contributed by atoms with van der Waals surface area (Å²) in [7, 11) is 0. The lowest BCUT2D eigenvalue weighted by molar-refractivity contribution is -0.266. The van der Waals surface area contributed by atoms with Crippen LogP contribution >= 0.6 is 23.1 Å². The molecule has 2 aromatic heterocycles. The Morgan fingerprint density at radius 1 is 1.12 bits per heavy atom. The van der Waals surface area contributed by atoms with Crippen LogP contribution in [0.2, 0.25) is 0 Å². The molecule has 1 N–H and O–H groups in total. The van der Waals surface area contributed by atoms with Crippen molar-refractivity contribution in [2.24, 2.45) is 0 Å². The van der Waals surface area contributed by atoms with Crippen molar-refractivity contribution < 1.29 is 27.1 Å². The lowest BCUT2D eigenvalue weighted by Crippen LogP contribution is -2.40. The molecule has 0 amide bonds. The van der Waals surface area contributed by atoms with Crippen molar-refractivity contribution in [3.63, 3.8) is 0 Å². The molecular formula is C22H15F4NO3S2. The van der Waals surface area contributed by atoms with Gasteiger partial charge in [0.05, 0.1) is 4.88 Å². The van der Waals surface area contributed by atoms with Gasteiger partial charge in [-0.1, -0.05) is 30.8 Å². The van der Waals surface area contributed by atoms with Crippen LogP contribution in [0.5, 0.6) is 0 Å². The van der Waals surface area contributed by atoms with Crippen LogP contribution in [0.3, 0.4) is 0 Å². The first-order valence-electron chi connectivity index (χ1n) is 9.38. The van der Waals surface area contributed by atoms with E-state index >= 15 is 0 Å². The van der Waals surface area contributed by atoms with E-state index in [4.69, 9.17) is 4.42 Å². The number of thiazole rings is 1. The van der Waals surface area contributed by atoms with Crippen molar-refractivity contribution in [1.82, 2.24) is 4.98 Å². The molecule has 2 aromatic carbocycles. The van der Waals surface area contributed by atoms with Crippen molar-refractivity contribution >= 4 is 34.1 Å². The number of aliphatic hydroxyl groups is 1. The third-order valence-electron chi connectivity index (χ3n) is 4.95. The molecule has 0 aliphatic heterocycles. The highest BCUT2D eigenvalue weighted by molar-refractivity contribution is 8.01. The maximum atomic E-state index is 13.3. The first kappa shape index (κ1) is 22.5. The van der Waals surface area contributed by atoms with Gasteiger partial charge in [0.2, 0.25) is 0 Å². The Morgan fingerprint density at radius 2 is 1.84 bits per heavy atom. The molecule has 4 aromatic rings. The monoisotopic (exact) mass is 481 g/mol. The van der Waals surface area contributed by atoms with Gasteiger partial charge in [-0.05, 0) is 47.9 Å². The van der Waals surface area contributed by atoms with Crippen molar-refractivity contribution in [3.8, 4) is 11.1 Å². The highest BCUT2D eigenvalue weighted by Crippen LogP contribution is 2.45. The fourth-order valence-corrected chi connectivity index (χ4v) is 5.35.